The van der Waals surface area contributed by atoms with E-state index in [-0.39, 0.29) is 11.4 Å². The van der Waals surface area contributed by atoms with Gasteiger partial charge in [0.2, 0.25) is 0 Å². The van der Waals surface area contributed by atoms with Gasteiger partial charge in [0.15, 0.2) is 11.6 Å². The van der Waals surface area contributed by atoms with E-state index in [0.29, 0.717) is 6.54 Å². The minimum atomic E-state index is -0.929. The number of nitrogens with zero attached hydrogens (tertiary/aromatic N) is 3. The third-order valence-electron chi connectivity index (χ3n) is 2.66. The molecule has 0 radical (unpaired) electrons. The first-order valence-corrected chi connectivity index (χ1v) is 5.41. The molecule has 0 aliphatic heterocycles. The zero-order valence-corrected chi connectivity index (χ0v) is 10.2. The number of anilines is 2. The second-order valence-electron chi connectivity index (χ2n) is 4.18. The van der Waals surface area contributed by atoms with Gasteiger partial charge < -0.3 is 10.6 Å². The Morgan fingerprint density at radius 1 is 1.39 bits per heavy atom. The second-order valence-corrected chi connectivity index (χ2v) is 4.18. The summed E-state index contributed by atoms with van der Waals surface area (Å²) in [5.41, 5.74) is 6.85. The zero-order valence-electron chi connectivity index (χ0n) is 10.2. The molecule has 0 bridgehead atoms. The van der Waals surface area contributed by atoms with Gasteiger partial charge in [0.05, 0.1) is 17.6 Å². The van der Waals surface area contributed by atoms with E-state index in [0.717, 1.165) is 11.6 Å². The maximum atomic E-state index is 13.7. The van der Waals surface area contributed by atoms with Crippen molar-refractivity contribution in [3.8, 4) is 0 Å². The number of hydrogen-bond acceptors (Lipinski definition) is 3. The van der Waals surface area contributed by atoms with Crippen LogP contribution in [0.1, 0.15) is 5.56 Å². The van der Waals surface area contributed by atoms with Crippen LogP contribution in [-0.4, -0.2) is 16.8 Å². The molecule has 2 rings (SSSR count). The summed E-state index contributed by atoms with van der Waals surface area (Å²) in [6.07, 6.45) is 3.48. The smallest absolute Gasteiger partial charge is 0.184 e. The summed E-state index contributed by atoms with van der Waals surface area (Å²) in [5.74, 6) is -1.83. The van der Waals surface area contributed by atoms with Crippen molar-refractivity contribution in [3.05, 3.63) is 41.7 Å². The average molecular weight is 252 g/mol. The lowest BCUT2D eigenvalue weighted by atomic mass is 10.2. The average Bonchev–Trinajstić information content (AvgIpc) is 2.70. The van der Waals surface area contributed by atoms with Crippen molar-refractivity contribution in [2.45, 2.75) is 6.54 Å². The number of aryl methyl sites for hydroxylation is 1. The van der Waals surface area contributed by atoms with Crippen molar-refractivity contribution in [1.82, 2.24) is 9.78 Å². The van der Waals surface area contributed by atoms with Gasteiger partial charge in [-0.3, -0.25) is 4.68 Å². The summed E-state index contributed by atoms with van der Waals surface area (Å²) in [6.45, 7) is 0.401. The Balaban J connectivity index is 2.28. The Morgan fingerprint density at radius 2 is 2.11 bits per heavy atom. The molecule has 6 heteroatoms. The van der Waals surface area contributed by atoms with E-state index in [4.69, 9.17) is 5.73 Å². The third kappa shape index (κ3) is 2.27. The first-order chi connectivity index (χ1) is 8.49. The van der Waals surface area contributed by atoms with E-state index in [1.165, 1.54) is 6.07 Å². The fourth-order valence-corrected chi connectivity index (χ4v) is 1.85. The topological polar surface area (TPSA) is 47.1 Å². The van der Waals surface area contributed by atoms with Crippen LogP contribution in [-0.2, 0) is 13.6 Å². The zero-order chi connectivity index (χ0) is 13.3. The van der Waals surface area contributed by atoms with Crippen LogP contribution >= 0.6 is 0 Å². The molecule has 2 N–H and O–H groups in total. The van der Waals surface area contributed by atoms with E-state index in [9.17, 15) is 8.78 Å². The van der Waals surface area contributed by atoms with Gasteiger partial charge in [0.25, 0.3) is 0 Å². The van der Waals surface area contributed by atoms with Gasteiger partial charge in [-0.2, -0.15) is 5.10 Å². The van der Waals surface area contributed by atoms with Gasteiger partial charge in [-0.1, -0.05) is 0 Å². The van der Waals surface area contributed by atoms with E-state index < -0.39 is 11.6 Å². The molecular formula is C12H14F2N4. The Kier molecular flexibility index (Phi) is 3.18. The maximum absolute atomic E-state index is 13.7. The molecule has 4 nitrogen and oxygen atoms in total. The van der Waals surface area contributed by atoms with Gasteiger partial charge in [-0.25, -0.2) is 8.78 Å². The summed E-state index contributed by atoms with van der Waals surface area (Å²) in [7, 11) is 3.45. The van der Waals surface area contributed by atoms with Gasteiger partial charge in [-0.05, 0) is 12.1 Å². The maximum Gasteiger partial charge on any atom is 0.184 e. The fourth-order valence-electron chi connectivity index (χ4n) is 1.85. The molecule has 1 aromatic heterocycles. The lowest BCUT2D eigenvalue weighted by Crippen LogP contribution is -2.19. The van der Waals surface area contributed by atoms with Gasteiger partial charge in [-0.15, -0.1) is 0 Å². The van der Waals surface area contributed by atoms with Crippen LogP contribution in [0.2, 0.25) is 0 Å². The summed E-state index contributed by atoms with van der Waals surface area (Å²) in [4.78, 5) is 1.56. The first kappa shape index (κ1) is 12.3. The highest BCUT2D eigenvalue weighted by molar-refractivity contribution is 5.68. The first-order valence-electron chi connectivity index (χ1n) is 5.41. The van der Waals surface area contributed by atoms with E-state index >= 15 is 0 Å². The summed E-state index contributed by atoms with van der Waals surface area (Å²) < 4.78 is 28.5. The van der Waals surface area contributed by atoms with E-state index in [2.05, 4.69) is 5.10 Å². The van der Waals surface area contributed by atoms with Crippen molar-refractivity contribution >= 4 is 11.4 Å². The molecule has 0 amide bonds. The van der Waals surface area contributed by atoms with Crippen molar-refractivity contribution in [2.75, 3.05) is 17.7 Å². The molecule has 0 aliphatic rings. The predicted octanol–water partition coefficient (Wildman–Crippen LogP) is 1.92. The van der Waals surface area contributed by atoms with Crippen LogP contribution in [0.15, 0.2) is 24.5 Å². The number of nitrogens with two attached hydrogens (primary N) is 1. The molecule has 2 aromatic rings. The number of nitrogen functional groups attached to an aromatic ring is 1. The molecule has 0 aliphatic carbocycles. The fraction of sp³-hybridized carbons (Fsp3) is 0.250. The lowest BCUT2D eigenvalue weighted by Gasteiger charge is -2.21. The molecule has 18 heavy (non-hydrogen) atoms. The molecule has 0 saturated heterocycles. The number of rotatable bonds is 3. The molecule has 0 saturated carbocycles. The normalized spacial score (nSPS) is 10.7. The van der Waals surface area contributed by atoms with Crippen molar-refractivity contribution in [3.63, 3.8) is 0 Å². The van der Waals surface area contributed by atoms with Crippen LogP contribution in [0.25, 0.3) is 0 Å². The van der Waals surface area contributed by atoms with Crippen LogP contribution in [0.3, 0.4) is 0 Å². The largest absolute Gasteiger partial charge is 0.397 e. The highest BCUT2D eigenvalue weighted by Crippen LogP contribution is 2.28. The van der Waals surface area contributed by atoms with E-state index in [1.54, 1.807) is 29.9 Å². The second kappa shape index (κ2) is 4.64. The Morgan fingerprint density at radius 3 is 2.72 bits per heavy atom. The monoisotopic (exact) mass is 252 g/mol. The Bertz CT molecular complexity index is 565. The highest BCUT2D eigenvalue weighted by atomic mass is 19.2. The minimum absolute atomic E-state index is 0.0684. The van der Waals surface area contributed by atoms with E-state index in [1.807, 2.05) is 6.20 Å². The standard InChI is InChI=1S/C12H14F2N4/c1-17(6-8-5-16-18(2)7-8)12-10(15)4-3-9(13)11(12)14/h3-5,7H,6,15H2,1-2H3. The highest BCUT2D eigenvalue weighted by Gasteiger charge is 2.16. The Labute approximate surface area is 104 Å². The summed E-state index contributed by atoms with van der Waals surface area (Å²) in [6, 6.07) is 2.37. The van der Waals surface area contributed by atoms with Crippen LogP contribution in [0, 0.1) is 11.6 Å². The Hall–Kier alpha value is -2.11. The molecule has 0 atom stereocenters. The molecule has 96 valence electrons. The van der Waals surface area contributed by atoms with Crippen molar-refractivity contribution in [1.29, 1.82) is 0 Å². The molecule has 0 fully saturated rings. The van der Waals surface area contributed by atoms with Crippen LogP contribution in [0.5, 0.6) is 0 Å². The SMILES string of the molecule is CN(Cc1cnn(C)c1)c1c(N)ccc(F)c1F. The van der Waals surface area contributed by atoms with Crippen molar-refractivity contribution < 1.29 is 8.78 Å². The van der Waals surface area contributed by atoms with Crippen LogP contribution in [0.4, 0.5) is 20.2 Å². The summed E-state index contributed by atoms with van der Waals surface area (Å²) in [5, 5.41) is 4.02. The third-order valence-corrected chi connectivity index (χ3v) is 2.66. The molecular weight excluding hydrogens is 238 g/mol. The summed E-state index contributed by atoms with van der Waals surface area (Å²) >= 11 is 0. The van der Waals surface area contributed by atoms with Gasteiger partial charge in [0, 0.05) is 32.4 Å². The van der Waals surface area contributed by atoms with Crippen LogP contribution < -0.4 is 10.6 Å². The minimum Gasteiger partial charge on any atom is -0.397 e. The molecule has 0 unspecified atom stereocenters. The molecule has 1 aromatic carbocycles. The van der Waals surface area contributed by atoms with Crippen molar-refractivity contribution in [2.24, 2.45) is 7.05 Å². The quantitative estimate of drug-likeness (QED) is 0.849. The number of benzene rings is 1. The molecule has 0 spiro atoms. The molecule has 1 heterocycles. The number of halogens is 2. The predicted molar refractivity (Wildman–Crippen MR) is 66.1 cm³/mol. The number of hydrogen-bond donors (Lipinski definition) is 1. The number of aromatic nitrogens is 2. The lowest BCUT2D eigenvalue weighted by molar-refractivity contribution is 0.508. The van der Waals surface area contributed by atoms with Gasteiger partial charge >= 0.3 is 0 Å². The van der Waals surface area contributed by atoms with Gasteiger partial charge in [0.1, 0.15) is 0 Å².